The van der Waals surface area contributed by atoms with Crippen molar-refractivity contribution in [3.8, 4) is 11.8 Å². The minimum atomic E-state index is -4.08. The first-order valence-corrected chi connectivity index (χ1v) is 8.00. The maximum absolute atomic E-state index is 12.1. The van der Waals surface area contributed by atoms with Crippen molar-refractivity contribution in [3.63, 3.8) is 0 Å². The van der Waals surface area contributed by atoms with Gasteiger partial charge in [-0.05, 0) is 42.8 Å². The summed E-state index contributed by atoms with van der Waals surface area (Å²) in [4.78, 5) is 0.00997. The number of nitrogens with zero attached hydrogens (tertiary/aromatic N) is 2. The van der Waals surface area contributed by atoms with Gasteiger partial charge < -0.3 is 4.74 Å². The summed E-state index contributed by atoms with van der Waals surface area (Å²) >= 11 is 0. The average molecular weight is 330 g/mol. The highest BCUT2D eigenvalue weighted by Crippen LogP contribution is 2.18. The zero-order valence-corrected chi connectivity index (χ0v) is 13.4. The number of benzene rings is 2. The van der Waals surface area contributed by atoms with E-state index in [1.807, 2.05) is 6.07 Å². The molecular formula is C16H14N2O4S. The van der Waals surface area contributed by atoms with Gasteiger partial charge in [0.25, 0.3) is 0 Å². The number of hydrogen-bond donors (Lipinski definition) is 0. The van der Waals surface area contributed by atoms with Crippen molar-refractivity contribution in [2.24, 2.45) is 5.16 Å². The number of oxime groups is 1. The molecule has 7 heteroatoms. The molecule has 23 heavy (non-hydrogen) atoms. The molecule has 0 heterocycles. The van der Waals surface area contributed by atoms with Crippen molar-refractivity contribution in [1.29, 1.82) is 5.26 Å². The summed E-state index contributed by atoms with van der Waals surface area (Å²) in [6.45, 7) is 1.65. The number of rotatable bonds is 5. The van der Waals surface area contributed by atoms with Gasteiger partial charge in [0.05, 0.1) is 7.11 Å². The monoisotopic (exact) mass is 330 g/mol. The number of ether oxygens (including phenoxy) is 1. The second kappa shape index (κ2) is 6.94. The Kier molecular flexibility index (Phi) is 4.98. The molecule has 0 aliphatic heterocycles. The van der Waals surface area contributed by atoms with Crippen molar-refractivity contribution in [3.05, 3.63) is 59.7 Å². The quantitative estimate of drug-likeness (QED) is 0.621. The lowest BCUT2D eigenvalue weighted by molar-refractivity contribution is 0.339. The summed E-state index contributed by atoms with van der Waals surface area (Å²) in [5.41, 5.74) is 0.809. The first-order chi connectivity index (χ1) is 11.0. The highest BCUT2D eigenvalue weighted by Gasteiger charge is 2.18. The van der Waals surface area contributed by atoms with Gasteiger partial charge in [-0.2, -0.15) is 13.7 Å². The van der Waals surface area contributed by atoms with E-state index >= 15 is 0 Å². The van der Waals surface area contributed by atoms with Crippen LogP contribution >= 0.6 is 0 Å². The molecule has 0 aliphatic carbocycles. The van der Waals surface area contributed by atoms with Crippen LogP contribution < -0.4 is 4.74 Å². The summed E-state index contributed by atoms with van der Waals surface area (Å²) in [6, 6.07) is 14.6. The van der Waals surface area contributed by atoms with Crippen molar-refractivity contribution in [2.45, 2.75) is 11.8 Å². The SMILES string of the molecule is COc1ccc(/C(C#N)=N/OS(=O)(=O)c2ccccc2C)cc1. The minimum Gasteiger partial charge on any atom is -0.497 e. The van der Waals surface area contributed by atoms with Gasteiger partial charge in [0.1, 0.15) is 16.7 Å². The van der Waals surface area contributed by atoms with E-state index in [4.69, 9.17) is 10.00 Å². The fraction of sp³-hybridized carbons (Fsp3) is 0.125. The molecule has 0 amide bonds. The topological polar surface area (TPSA) is 88.8 Å². The Labute approximate surface area is 134 Å². The van der Waals surface area contributed by atoms with Crippen molar-refractivity contribution in [1.82, 2.24) is 0 Å². The van der Waals surface area contributed by atoms with Crippen molar-refractivity contribution >= 4 is 15.8 Å². The van der Waals surface area contributed by atoms with Crippen LogP contribution in [0.25, 0.3) is 0 Å². The van der Waals surface area contributed by atoms with Gasteiger partial charge in [0.2, 0.25) is 0 Å². The van der Waals surface area contributed by atoms with Crippen LogP contribution in [0.5, 0.6) is 5.75 Å². The van der Waals surface area contributed by atoms with Gasteiger partial charge in [-0.25, -0.2) is 0 Å². The Morgan fingerprint density at radius 1 is 1.13 bits per heavy atom. The van der Waals surface area contributed by atoms with E-state index in [1.54, 1.807) is 49.4 Å². The Hall–Kier alpha value is -2.85. The van der Waals surface area contributed by atoms with Crippen LogP contribution in [-0.2, 0) is 14.4 Å². The third kappa shape index (κ3) is 3.87. The lowest BCUT2D eigenvalue weighted by Crippen LogP contribution is -2.07. The van der Waals surface area contributed by atoms with Crippen LogP contribution in [0.2, 0.25) is 0 Å². The zero-order valence-electron chi connectivity index (χ0n) is 12.6. The molecular weight excluding hydrogens is 316 g/mol. The molecule has 0 saturated heterocycles. The molecule has 0 bridgehead atoms. The Morgan fingerprint density at radius 2 is 1.78 bits per heavy atom. The fourth-order valence-corrected chi connectivity index (χ4v) is 2.81. The second-order valence-corrected chi connectivity index (χ2v) is 6.07. The maximum atomic E-state index is 12.1. The minimum absolute atomic E-state index is 0.00997. The number of methoxy groups -OCH3 is 1. The molecule has 0 fully saturated rings. The largest absolute Gasteiger partial charge is 0.497 e. The summed E-state index contributed by atoms with van der Waals surface area (Å²) in [6.07, 6.45) is 0. The zero-order chi connectivity index (χ0) is 16.9. The third-order valence-corrected chi connectivity index (χ3v) is 4.33. The van der Waals surface area contributed by atoms with Crippen LogP contribution in [0.15, 0.2) is 58.6 Å². The molecule has 0 unspecified atom stereocenters. The second-order valence-electron chi connectivity index (χ2n) is 4.57. The predicted molar refractivity (Wildman–Crippen MR) is 84.6 cm³/mol. The normalized spacial score (nSPS) is 11.6. The first-order valence-electron chi connectivity index (χ1n) is 6.60. The van der Waals surface area contributed by atoms with Crippen LogP contribution in [0.3, 0.4) is 0 Å². The van der Waals surface area contributed by atoms with Gasteiger partial charge in [-0.15, -0.1) is 0 Å². The van der Waals surface area contributed by atoms with Gasteiger partial charge >= 0.3 is 10.1 Å². The predicted octanol–water partition coefficient (Wildman–Crippen LogP) is 2.64. The lowest BCUT2D eigenvalue weighted by Gasteiger charge is -2.05. The van der Waals surface area contributed by atoms with E-state index in [0.29, 0.717) is 16.9 Å². The van der Waals surface area contributed by atoms with E-state index in [1.165, 1.54) is 13.2 Å². The van der Waals surface area contributed by atoms with Gasteiger partial charge in [-0.1, -0.05) is 23.4 Å². The smallest absolute Gasteiger partial charge is 0.358 e. The fourth-order valence-electron chi connectivity index (χ4n) is 1.85. The summed E-state index contributed by atoms with van der Waals surface area (Å²) < 4.78 is 34.0. The van der Waals surface area contributed by atoms with Crippen molar-refractivity contribution in [2.75, 3.05) is 7.11 Å². The Balaban J connectivity index is 2.29. The molecule has 0 radical (unpaired) electrons. The number of aryl methyl sites for hydroxylation is 1. The first kappa shape index (κ1) is 16.5. The third-order valence-electron chi connectivity index (χ3n) is 3.06. The molecule has 2 aromatic rings. The van der Waals surface area contributed by atoms with Gasteiger partial charge in [-0.3, -0.25) is 4.28 Å². The maximum Gasteiger partial charge on any atom is 0.358 e. The van der Waals surface area contributed by atoms with E-state index in [9.17, 15) is 8.42 Å². The highest BCUT2D eigenvalue weighted by molar-refractivity contribution is 7.86. The number of nitriles is 1. The average Bonchev–Trinajstić information content (AvgIpc) is 2.56. The Morgan fingerprint density at radius 3 is 2.35 bits per heavy atom. The van der Waals surface area contributed by atoms with E-state index in [-0.39, 0.29) is 10.6 Å². The molecule has 0 aromatic heterocycles. The molecule has 6 nitrogen and oxygen atoms in total. The van der Waals surface area contributed by atoms with Crippen LogP contribution in [0, 0.1) is 18.3 Å². The lowest BCUT2D eigenvalue weighted by atomic mass is 10.1. The number of hydrogen-bond acceptors (Lipinski definition) is 6. The van der Waals surface area contributed by atoms with E-state index in [2.05, 4.69) is 9.44 Å². The molecule has 0 aliphatic rings. The van der Waals surface area contributed by atoms with Crippen LogP contribution in [0.1, 0.15) is 11.1 Å². The van der Waals surface area contributed by atoms with E-state index < -0.39 is 10.1 Å². The molecule has 2 aromatic carbocycles. The molecule has 118 valence electrons. The van der Waals surface area contributed by atoms with Crippen molar-refractivity contribution < 1.29 is 17.4 Å². The van der Waals surface area contributed by atoms with Crippen LogP contribution in [-0.4, -0.2) is 21.2 Å². The Bertz CT molecular complexity index is 866. The molecule has 0 N–H and O–H groups in total. The molecule has 0 saturated carbocycles. The summed E-state index contributed by atoms with van der Waals surface area (Å²) in [5, 5.41) is 12.6. The molecule has 0 spiro atoms. The summed E-state index contributed by atoms with van der Waals surface area (Å²) in [7, 11) is -2.56. The standard InChI is InChI=1S/C16H14N2O4S/c1-12-5-3-4-6-16(12)23(19,20)22-18-15(11-17)13-7-9-14(21-2)10-8-13/h3-10H,1-2H3/b18-15+. The molecule has 0 atom stereocenters. The highest BCUT2D eigenvalue weighted by atomic mass is 32.2. The van der Waals surface area contributed by atoms with E-state index in [0.717, 1.165) is 0 Å². The summed E-state index contributed by atoms with van der Waals surface area (Å²) in [5.74, 6) is 0.611. The molecule has 2 rings (SSSR count). The van der Waals surface area contributed by atoms with Gasteiger partial charge in [0, 0.05) is 5.56 Å². The van der Waals surface area contributed by atoms with Gasteiger partial charge in [0.15, 0.2) is 5.71 Å². The van der Waals surface area contributed by atoms with Crippen LogP contribution in [0.4, 0.5) is 0 Å².